The molecule has 4 heterocycles. The molecule has 2 fully saturated rings. The summed E-state index contributed by atoms with van der Waals surface area (Å²) >= 11 is 2.21. The first kappa shape index (κ1) is 39.8. The van der Waals surface area contributed by atoms with Gasteiger partial charge in [0.15, 0.2) is 11.5 Å². The van der Waals surface area contributed by atoms with Gasteiger partial charge in [-0.1, -0.05) is 20.8 Å². The second-order valence-corrected chi connectivity index (χ2v) is 20.5. The fourth-order valence-electron chi connectivity index (χ4n) is 5.52. The highest BCUT2D eigenvalue weighted by molar-refractivity contribution is 14.1. The predicted octanol–water partition coefficient (Wildman–Crippen LogP) is 5.37. The molecular weight excluding hydrogens is 772 g/mol. The smallest absolute Gasteiger partial charge is 0.543 e. The first-order valence-electron chi connectivity index (χ1n) is 16.6. The summed E-state index contributed by atoms with van der Waals surface area (Å²) in [6.45, 7) is 20.1. The van der Waals surface area contributed by atoms with Crippen molar-refractivity contribution < 1.29 is 33.5 Å². The number of nitrogens with two attached hydrogens (primary N) is 1. The highest BCUT2D eigenvalue weighted by atomic mass is 127. The molecule has 273 valence electrons. The Morgan fingerprint density at radius 1 is 1.06 bits per heavy atom. The van der Waals surface area contributed by atoms with E-state index >= 15 is 0 Å². The number of halogens is 1. The molecule has 1 aliphatic heterocycles. The number of hydrogen-bond donors (Lipinski definition) is 3. The van der Waals surface area contributed by atoms with E-state index in [4.69, 9.17) is 34.4 Å². The molecule has 6 rings (SSSR count). The minimum absolute atomic E-state index is 0.0739. The minimum atomic E-state index is -1.98. The lowest BCUT2D eigenvalue weighted by atomic mass is 9.85. The molecule has 1 saturated carbocycles. The van der Waals surface area contributed by atoms with E-state index in [0.29, 0.717) is 31.1 Å². The lowest BCUT2D eigenvalue weighted by Gasteiger charge is -2.44. The molecule has 0 bridgehead atoms. The Bertz CT molecular complexity index is 1760. The number of morpholine rings is 1. The summed E-state index contributed by atoms with van der Waals surface area (Å²) in [5.74, 6) is 1.43. The molecule has 0 unspecified atom stereocenters. The number of hydrogen-bond acceptors (Lipinski definition) is 12. The monoisotopic (exact) mass is 822 g/mol. The Balaban J connectivity index is 0.000000219. The van der Waals surface area contributed by atoms with Gasteiger partial charge in [0.1, 0.15) is 27.2 Å². The molecule has 1 aromatic carbocycles. The number of anilines is 1. The molecule has 14 nitrogen and oxygen atoms in total. The minimum Gasteiger partial charge on any atom is -0.543 e. The molecule has 2 aliphatic rings. The van der Waals surface area contributed by atoms with Crippen LogP contribution in [-0.2, 0) is 9.47 Å². The highest BCUT2D eigenvalue weighted by Crippen LogP contribution is 2.40. The van der Waals surface area contributed by atoms with Crippen LogP contribution in [0.4, 0.5) is 10.6 Å². The quantitative estimate of drug-likeness (QED) is 0.168. The fourth-order valence-corrected chi connectivity index (χ4v) is 7.30. The van der Waals surface area contributed by atoms with Crippen molar-refractivity contribution >= 4 is 72.4 Å². The summed E-state index contributed by atoms with van der Waals surface area (Å²) in [6.07, 6.45) is 3.19. The number of fused-ring (bicyclic) bond motifs is 2. The lowest BCUT2D eigenvalue weighted by molar-refractivity contribution is -0.0158. The van der Waals surface area contributed by atoms with Crippen LogP contribution in [0.5, 0.6) is 11.6 Å². The third-order valence-corrected chi connectivity index (χ3v) is 14.3. The number of carbonyl (C=O) groups is 1. The maximum absolute atomic E-state index is 12.6. The Morgan fingerprint density at radius 3 is 2.32 bits per heavy atom. The third kappa shape index (κ3) is 9.08. The average Bonchev–Trinajstić information content (AvgIpc) is 3.54. The highest BCUT2D eigenvalue weighted by Gasteiger charge is 2.39. The zero-order valence-electron chi connectivity index (χ0n) is 30.4. The second kappa shape index (κ2) is 16.1. The van der Waals surface area contributed by atoms with Gasteiger partial charge in [0.2, 0.25) is 8.32 Å². The summed E-state index contributed by atoms with van der Waals surface area (Å²) in [7, 11) is -0.441. The Labute approximate surface area is 309 Å². The van der Waals surface area contributed by atoms with Crippen molar-refractivity contribution in [2.75, 3.05) is 39.1 Å². The largest absolute Gasteiger partial charge is 0.570 e. The molecule has 0 atom stereocenters. The van der Waals surface area contributed by atoms with Crippen LogP contribution < -0.4 is 14.8 Å². The molecule has 3 aromatic heterocycles. The first-order valence-corrected chi connectivity index (χ1v) is 20.6. The van der Waals surface area contributed by atoms with Crippen LogP contribution >= 0.6 is 22.6 Å². The molecule has 1 aliphatic carbocycles. The number of aliphatic hydroxyl groups excluding tert-OH is 1. The maximum Gasteiger partial charge on any atom is 0.570 e. The van der Waals surface area contributed by atoms with Gasteiger partial charge in [-0.05, 0) is 92.5 Å². The van der Waals surface area contributed by atoms with E-state index in [1.807, 2.05) is 16.8 Å². The molecule has 1 radical (unpaired) electrons. The van der Waals surface area contributed by atoms with Crippen LogP contribution in [0.1, 0.15) is 60.4 Å². The molecular formula is C33H50BIN7O7Si. The van der Waals surface area contributed by atoms with E-state index in [9.17, 15) is 4.79 Å². The third-order valence-electron chi connectivity index (χ3n) is 9.14. The van der Waals surface area contributed by atoms with Crippen molar-refractivity contribution in [1.82, 2.24) is 29.2 Å². The van der Waals surface area contributed by atoms with Crippen LogP contribution in [0.25, 0.3) is 21.9 Å². The Morgan fingerprint density at radius 2 is 1.72 bits per heavy atom. The van der Waals surface area contributed by atoms with E-state index in [1.54, 1.807) is 32.9 Å². The zero-order valence-corrected chi connectivity index (χ0v) is 33.6. The van der Waals surface area contributed by atoms with Gasteiger partial charge in [-0.2, -0.15) is 5.10 Å². The normalized spacial score (nSPS) is 18.3. The van der Waals surface area contributed by atoms with Gasteiger partial charge >= 0.3 is 13.8 Å². The summed E-state index contributed by atoms with van der Waals surface area (Å²) < 4.78 is 26.5. The lowest BCUT2D eigenvalue weighted by Crippen LogP contribution is -2.50. The van der Waals surface area contributed by atoms with Gasteiger partial charge in [-0.3, -0.25) is 4.90 Å². The number of aliphatic hydroxyl groups is 1. The summed E-state index contributed by atoms with van der Waals surface area (Å²) in [5.41, 5.74) is 6.76. The maximum atomic E-state index is 12.6. The van der Waals surface area contributed by atoms with Gasteiger partial charge in [-0.25, -0.2) is 24.0 Å². The van der Waals surface area contributed by atoms with Crippen molar-refractivity contribution in [1.29, 1.82) is 0 Å². The van der Waals surface area contributed by atoms with Crippen molar-refractivity contribution in [3.05, 3.63) is 34.3 Å². The van der Waals surface area contributed by atoms with Gasteiger partial charge in [0.05, 0.1) is 30.2 Å². The predicted molar refractivity (Wildman–Crippen MR) is 205 cm³/mol. The van der Waals surface area contributed by atoms with Crippen LogP contribution in [0.2, 0.25) is 18.1 Å². The van der Waals surface area contributed by atoms with Gasteiger partial charge in [0, 0.05) is 37.7 Å². The number of carbonyl (C=O) groups excluding carboxylic acids is 1. The molecule has 4 aromatic rings. The van der Waals surface area contributed by atoms with Crippen molar-refractivity contribution in [3.8, 4) is 11.6 Å². The van der Waals surface area contributed by atoms with Gasteiger partial charge in [0.25, 0.3) is 0 Å². The van der Waals surface area contributed by atoms with E-state index in [0.717, 1.165) is 72.1 Å². The number of rotatable bonds is 6. The number of benzene rings is 1. The van der Waals surface area contributed by atoms with Crippen LogP contribution in [0.15, 0.2) is 30.6 Å². The Hall–Kier alpha value is -2.97. The standard InChI is InChI=1S/C19H29BNO5Si.C13H17IN6O.CH4O/c1-18(2,3)24-17(22)21-15-10-9-14(26-27(7,8)19(4,5)6)11-13(15)12-16(21)25-20-23;14-11-10-12(15)16-7-17-13(10)20(18-11)9-5-8(6-9)19-1-3-21-4-2-19;1-2/h9-12,23H,1-8H3;7-9H,1-6H2,(H2,15,16,17);2H,1H3. The molecule has 4 N–H and O–H groups in total. The summed E-state index contributed by atoms with van der Waals surface area (Å²) in [4.78, 5) is 23.6. The zero-order chi connectivity index (χ0) is 37.0. The van der Waals surface area contributed by atoms with Crippen molar-refractivity contribution in [2.45, 2.75) is 90.2 Å². The topological polar surface area (TPSA) is 172 Å². The molecule has 1 saturated heterocycles. The van der Waals surface area contributed by atoms with Gasteiger partial charge in [-0.15, -0.1) is 0 Å². The summed E-state index contributed by atoms with van der Waals surface area (Å²) in [6, 6.07) is 8.25. The van der Waals surface area contributed by atoms with Gasteiger partial charge < -0.3 is 34.4 Å². The van der Waals surface area contributed by atoms with Crippen LogP contribution in [0.3, 0.4) is 0 Å². The van der Waals surface area contributed by atoms with E-state index in [-0.39, 0.29) is 10.9 Å². The van der Waals surface area contributed by atoms with Crippen LogP contribution in [0, 0.1) is 3.70 Å². The van der Waals surface area contributed by atoms with Crippen molar-refractivity contribution in [2.24, 2.45) is 0 Å². The number of nitrogen functional groups attached to an aromatic ring is 1. The van der Waals surface area contributed by atoms with E-state index in [1.165, 1.54) is 10.9 Å². The van der Waals surface area contributed by atoms with E-state index < -0.39 is 20.0 Å². The average molecular weight is 823 g/mol. The molecule has 17 heteroatoms. The van der Waals surface area contributed by atoms with Crippen molar-refractivity contribution in [3.63, 3.8) is 0 Å². The molecule has 0 spiro atoms. The van der Waals surface area contributed by atoms with Crippen LogP contribution in [-0.4, -0.2) is 106 Å². The number of aromatic nitrogens is 5. The fraction of sp³-hybridized carbons (Fsp3) is 0.576. The molecule has 50 heavy (non-hydrogen) atoms. The second-order valence-electron chi connectivity index (χ2n) is 14.7. The number of ether oxygens (including phenoxy) is 2. The molecule has 0 amide bonds. The van der Waals surface area contributed by atoms with E-state index in [2.05, 4.69) is 76.4 Å². The Kier molecular flexibility index (Phi) is 12.9. The number of nitrogens with zero attached hydrogens (tertiary/aromatic N) is 6. The summed E-state index contributed by atoms with van der Waals surface area (Å²) in [5, 5.41) is 22.4. The first-order chi connectivity index (χ1) is 23.5. The SMILES string of the molecule is CC(C)(C)OC(=O)n1c(O[B]O)cc2cc(O[Si](C)(C)C(C)(C)C)ccc21.CO.Nc1ncnc2c1c(I)nn2C1CC(N2CCOCC2)C1.